The van der Waals surface area contributed by atoms with Crippen molar-refractivity contribution in [3.05, 3.63) is 23.8 Å². The van der Waals surface area contributed by atoms with E-state index in [4.69, 9.17) is 19.9 Å². The lowest BCUT2D eigenvalue weighted by Crippen LogP contribution is -2.13. The molecule has 0 amide bonds. The largest absolute Gasteiger partial charge is 0.495 e. The van der Waals surface area contributed by atoms with Gasteiger partial charge in [0.1, 0.15) is 12.4 Å². The first kappa shape index (κ1) is 14.3. The number of nitrogens with two attached hydrogens (primary N) is 1. The summed E-state index contributed by atoms with van der Waals surface area (Å²) < 4.78 is 15.3. The molecular weight excluding hydrogens is 234 g/mol. The zero-order valence-corrected chi connectivity index (χ0v) is 10.8. The monoisotopic (exact) mass is 253 g/mol. The molecular formula is C13H19NO4. The van der Waals surface area contributed by atoms with Gasteiger partial charge in [-0.15, -0.1) is 0 Å². The van der Waals surface area contributed by atoms with Gasteiger partial charge in [0.15, 0.2) is 0 Å². The van der Waals surface area contributed by atoms with E-state index in [9.17, 15) is 4.79 Å². The van der Waals surface area contributed by atoms with Crippen molar-refractivity contribution in [3.8, 4) is 5.75 Å². The van der Waals surface area contributed by atoms with Crippen LogP contribution in [0.5, 0.6) is 5.75 Å². The van der Waals surface area contributed by atoms with Crippen LogP contribution < -0.4 is 10.5 Å². The lowest BCUT2D eigenvalue weighted by Gasteiger charge is -2.10. The molecule has 0 fully saturated rings. The van der Waals surface area contributed by atoms with E-state index in [1.807, 2.05) is 6.92 Å². The zero-order valence-electron chi connectivity index (χ0n) is 10.8. The molecule has 0 aliphatic heterocycles. The van der Waals surface area contributed by atoms with E-state index in [2.05, 4.69) is 0 Å². The van der Waals surface area contributed by atoms with Crippen molar-refractivity contribution in [1.82, 2.24) is 0 Å². The maximum atomic E-state index is 11.8. The average molecular weight is 253 g/mol. The maximum Gasteiger partial charge on any atom is 0.340 e. The predicted molar refractivity (Wildman–Crippen MR) is 68.8 cm³/mol. The highest BCUT2D eigenvalue weighted by atomic mass is 16.6. The standard InChI is InChI=1S/C13H19NO4/c1-3-7-17-8-9-18-13(15)10-5-4-6-11(16-2)12(10)14/h4-6H,3,7-9,14H2,1-2H3. The number of rotatable bonds is 7. The molecule has 1 aromatic rings. The number of anilines is 1. The van der Waals surface area contributed by atoms with Crippen LogP contribution in [0.2, 0.25) is 0 Å². The number of methoxy groups -OCH3 is 1. The van der Waals surface area contributed by atoms with Crippen molar-refractivity contribution in [3.63, 3.8) is 0 Å². The number of ether oxygens (including phenoxy) is 3. The summed E-state index contributed by atoms with van der Waals surface area (Å²) in [5.41, 5.74) is 6.39. The van der Waals surface area contributed by atoms with Crippen molar-refractivity contribution in [2.45, 2.75) is 13.3 Å². The highest BCUT2D eigenvalue weighted by Crippen LogP contribution is 2.25. The summed E-state index contributed by atoms with van der Waals surface area (Å²) >= 11 is 0. The molecule has 0 spiro atoms. The molecule has 0 bridgehead atoms. The Kier molecular flexibility index (Phi) is 6.00. The molecule has 0 aliphatic carbocycles. The van der Waals surface area contributed by atoms with Gasteiger partial charge in [0.2, 0.25) is 0 Å². The van der Waals surface area contributed by atoms with Crippen molar-refractivity contribution in [2.24, 2.45) is 0 Å². The molecule has 1 rings (SSSR count). The molecule has 5 heteroatoms. The second-order valence-corrected chi connectivity index (χ2v) is 3.67. The molecule has 18 heavy (non-hydrogen) atoms. The Balaban J connectivity index is 2.51. The van der Waals surface area contributed by atoms with Gasteiger partial charge in [-0.3, -0.25) is 0 Å². The predicted octanol–water partition coefficient (Wildman–Crippen LogP) is 1.86. The molecule has 0 aromatic heterocycles. The Morgan fingerprint density at radius 1 is 1.28 bits per heavy atom. The SMILES string of the molecule is CCCOCCOC(=O)c1cccc(OC)c1N. The van der Waals surface area contributed by atoms with Gasteiger partial charge in [-0.1, -0.05) is 13.0 Å². The van der Waals surface area contributed by atoms with Crippen LogP contribution in [0, 0.1) is 0 Å². The molecule has 0 aliphatic rings. The molecule has 0 radical (unpaired) electrons. The molecule has 5 nitrogen and oxygen atoms in total. The van der Waals surface area contributed by atoms with Gasteiger partial charge in [-0.05, 0) is 18.6 Å². The number of hydrogen-bond donors (Lipinski definition) is 1. The molecule has 0 atom stereocenters. The number of para-hydroxylation sites is 1. The summed E-state index contributed by atoms with van der Waals surface area (Å²) in [6.45, 7) is 3.29. The maximum absolute atomic E-state index is 11.8. The first-order chi connectivity index (χ1) is 8.70. The van der Waals surface area contributed by atoms with E-state index in [0.717, 1.165) is 6.42 Å². The molecule has 0 unspecified atom stereocenters. The third-order valence-electron chi connectivity index (χ3n) is 2.32. The summed E-state index contributed by atoms with van der Waals surface area (Å²) in [5, 5.41) is 0. The summed E-state index contributed by atoms with van der Waals surface area (Å²) in [7, 11) is 1.50. The van der Waals surface area contributed by atoms with Crippen LogP contribution in [0.4, 0.5) is 5.69 Å². The van der Waals surface area contributed by atoms with E-state index in [0.29, 0.717) is 30.2 Å². The van der Waals surface area contributed by atoms with E-state index in [1.54, 1.807) is 18.2 Å². The summed E-state index contributed by atoms with van der Waals surface area (Å²) in [6, 6.07) is 4.99. The molecule has 2 N–H and O–H groups in total. The van der Waals surface area contributed by atoms with Crippen LogP contribution in [-0.2, 0) is 9.47 Å². The number of esters is 1. The Morgan fingerprint density at radius 2 is 2.06 bits per heavy atom. The fraction of sp³-hybridized carbons (Fsp3) is 0.462. The fourth-order valence-corrected chi connectivity index (χ4v) is 1.42. The molecule has 0 saturated heterocycles. The minimum absolute atomic E-state index is 0.218. The normalized spacial score (nSPS) is 10.1. The van der Waals surface area contributed by atoms with Crippen LogP contribution in [-0.4, -0.2) is 32.9 Å². The van der Waals surface area contributed by atoms with E-state index in [1.165, 1.54) is 7.11 Å². The number of carbonyl (C=O) groups is 1. The second kappa shape index (κ2) is 7.55. The number of benzene rings is 1. The van der Waals surface area contributed by atoms with Gasteiger partial charge >= 0.3 is 5.97 Å². The molecule has 0 heterocycles. The minimum Gasteiger partial charge on any atom is -0.495 e. The number of hydrogen-bond acceptors (Lipinski definition) is 5. The molecule has 0 saturated carbocycles. The van der Waals surface area contributed by atoms with Crippen molar-refractivity contribution >= 4 is 11.7 Å². The van der Waals surface area contributed by atoms with Gasteiger partial charge in [0.25, 0.3) is 0 Å². The number of nitrogen functional groups attached to an aromatic ring is 1. The van der Waals surface area contributed by atoms with Crippen LogP contribution in [0.1, 0.15) is 23.7 Å². The van der Waals surface area contributed by atoms with E-state index >= 15 is 0 Å². The quantitative estimate of drug-likeness (QED) is 0.456. The Labute approximate surface area is 107 Å². The van der Waals surface area contributed by atoms with Crippen molar-refractivity contribution in [2.75, 3.05) is 32.7 Å². The van der Waals surface area contributed by atoms with Crippen molar-refractivity contribution in [1.29, 1.82) is 0 Å². The summed E-state index contributed by atoms with van der Waals surface area (Å²) in [6.07, 6.45) is 0.941. The van der Waals surface area contributed by atoms with Crippen LogP contribution >= 0.6 is 0 Å². The van der Waals surface area contributed by atoms with Crippen LogP contribution in [0.25, 0.3) is 0 Å². The van der Waals surface area contributed by atoms with Gasteiger partial charge in [-0.25, -0.2) is 4.79 Å². The van der Waals surface area contributed by atoms with Crippen molar-refractivity contribution < 1.29 is 19.0 Å². The number of carbonyl (C=O) groups excluding carboxylic acids is 1. The highest BCUT2D eigenvalue weighted by molar-refractivity contribution is 5.96. The van der Waals surface area contributed by atoms with Crippen LogP contribution in [0.3, 0.4) is 0 Å². The Bertz CT molecular complexity index is 393. The minimum atomic E-state index is -0.466. The smallest absolute Gasteiger partial charge is 0.340 e. The third kappa shape index (κ3) is 3.92. The Morgan fingerprint density at radius 3 is 2.72 bits per heavy atom. The van der Waals surface area contributed by atoms with Gasteiger partial charge < -0.3 is 19.9 Å². The average Bonchev–Trinajstić information content (AvgIpc) is 2.38. The van der Waals surface area contributed by atoms with Gasteiger partial charge in [-0.2, -0.15) is 0 Å². The fourth-order valence-electron chi connectivity index (χ4n) is 1.42. The first-order valence-electron chi connectivity index (χ1n) is 5.88. The molecule has 100 valence electrons. The zero-order chi connectivity index (χ0) is 13.4. The van der Waals surface area contributed by atoms with E-state index in [-0.39, 0.29) is 6.61 Å². The third-order valence-corrected chi connectivity index (χ3v) is 2.32. The van der Waals surface area contributed by atoms with E-state index < -0.39 is 5.97 Å². The first-order valence-corrected chi connectivity index (χ1v) is 5.88. The summed E-state index contributed by atoms with van der Waals surface area (Å²) in [4.78, 5) is 11.8. The molecule has 1 aromatic carbocycles. The van der Waals surface area contributed by atoms with Crippen LogP contribution in [0.15, 0.2) is 18.2 Å². The summed E-state index contributed by atoms with van der Waals surface area (Å²) in [5.74, 6) is -0.00168. The Hall–Kier alpha value is -1.75. The lowest BCUT2D eigenvalue weighted by atomic mass is 10.1. The topological polar surface area (TPSA) is 70.8 Å². The highest BCUT2D eigenvalue weighted by Gasteiger charge is 2.13. The lowest BCUT2D eigenvalue weighted by molar-refractivity contribution is 0.0319. The second-order valence-electron chi connectivity index (χ2n) is 3.67. The van der Waals surface area contributed by atoms with Gasteiger partial charge in [0.05, 0.1) is 25.0 Å². The van der Waals surface area contributed by atoms with Gasteiger partial charge in [0, 0.05) is 6.61 Å².